The van der Waals surface area contributed by atoms with Crippen LogP contribution in [-0.4, -0.2) is 28.2 Å². The van der Waals surface area contributed by atoms with E-state index in [9.17, 15) is 4.79 Å². The molecule has 2 N–H and O–H groups in total. The van der Waals surface area contributed by atoms with E-state index in [2.05, 4.69) is 15.6 Å². The standard InChI is InChI=1S/C14H18N4O2S/c1-18-9-15-7-12(18)13-6-10(2-4-20-13)16-14(19)17-11-3-5-21-8-11/h3,5,7-10,13H,2,4,6H2,1H3,(H2,16,17,19)/t10-,13+/m0/s1. The van der Waals surface area contributed by atoms with Crippen LogP contribution in [0.5, 0.6) is 0 Å². The molecule has 7 heteroatoms. The molecule has 2 atom stereocenters. The number of thiophene rings is 1. The van der Waals surface area contributed by atoms with Crippen LogP contribution in [0.3, 0.4) is 0 Å². The molecule has 1 fully saturated rings. The van der Waals surface area contributed by atoms with E-state index in [0.717, 1.165) is 24.2 Å². The number of anilines is 1. The molecule has 2 aromatic heterocycles. The van der Waals surface area contributed by atoms with Gasteiger partial charge in [0.2, 0.25) is 0 Å². The summed E-state index contributed by atoms with van der Waals surface area (Å²) in [6, 6.07) is 1.83. The summed E-state index contributed by atoms with van der Waals surface area (Å²) in [5.74, 6) is 0. The number of hydrogen-bond donors (Lipinski definition) is 2. The Morgan fingerprint density at radius 2 is 2.48 bits per heavy atom. The second kappa shape index (κ2) is 6.28. The highest BCUT2D eigenvalue weighted by molar-refractivity contribution is 7.08. The molecule has 0 radical (unpaired) electrons. The number of nitrogens with one attached hydrogen (secondary N) is 2. The fourth-order valence-corrected chi connectivity index (χ4v) is 3.09. The summed E-state index contributed by atoms with van der Waals surface area (Å²) in [7, 11) is 1.95. The maximum absolute atomic E-state index is 12.0. The molecule has 3 heterocycles. The van der Waals surface area contributed by atoms with Crippen molar-refractivity contribution in [3.05, 3.63) is 35.0 Å². The molecular formula is C14H18N4O2S. The highest BCUT2D eigenvalue weighted by Gasteiger charge is 2.26. The van der Waals surface area contributed by atoms with Crippen LogP contribution in [0.4, 0.5) is 10.5 Å². The molecule has 1 aliphatic rings. The Morgan fingerprint density at radius 3 is 3.19 bits per heavy atom. The zero-order valence-electron chi connectivity index (χ0n) is 11.8. The molecule has 3 rings (SSSR count). The van der Waals surface area contributed by atoms with Crippen molar-refractivity contribution in [2.45, 2.75) is 25.0 Å². The van der Waals surface area contributed by atoms with Gasteiger partial charge in [-0.25, -0.2) is 9.78 Å². The van der Waals surface area contributed by atoms with E-state index in [1.165, 1.54) is 0 Å². The third-order valence-electron chi connectivity index (χ3n) is 3.58. The molecule has 6 nitrogen and oxygen atoms in total. The number of nitrogens with zero attached hydrogens (tertiary/aromatic N) is 2. The van der Waals surface area contributed by atoms with Crippen molar-refractivity contribution in [2.75, 3.05) is 11.9 Å². The first-order valence-electron chi connectivity index (χ1n) is 6.90. The van der Waals surface area contributed by atoms with Crippen molar-refractivity contribution in [3.8, 4) is 0 Å². The van der Waals surface area contributed by atoms with Crippen LogP contribution in [0.25, 0.3) is 0 Å². The number of amides is 2. The third kappa shape index (κ3) is 3.43. The average Bonchev–Trinajstić information content (AvgIpc) is 3.10. The minimum absolute atomic E-state index is 0.0160. The Bertz CT molecular complexity index is 596. The van der Waals surface area contributed by atoms with Gasteiger partial charge >= 0.3 is 6.03 Å². The number of carbonyl (C=O) groups excluding carboxylic acids is 1. The molecule has 0 spiro atoms. The number of imidazole rings is 1. The van der Waals surface area contributed by atoms with E-state index in [-0.39, 0.29) is 18.2 Å². The highest BCUT2D eigenvalue weighted by atomic mass is 32.1. The fraction of sp³-hybridized carbons (Fsp3) is 0.429. The first-order valence-corrected chi connectivity index (χ1v) is 7.84. The molecule has 0 bridgehead atoms. The molecular weight excluding hydrogens is 288 g/mol. The van der Waals surface area contributed by atoms with Crippen LogP contribution in [0.2, 0.25) is 0 Å². The third-order valence-corrected chi connectivity index (χ3v) is 4.27. The summed E-state index contributed by atoms with van der Waals surface area (Å²) >= 11 is 1.56. The lowest BCUT2D eigenvalue weighted by Crippen LogP contribution is -2.42. The van der Waals surface area contributed by atoms with Crippen molar-refractivity contribution < 1.29 is 9.53 Å². The van der Waals surface area contributed by atoms with Gasteiger partial charge < -0.3 is 19.9 Å². The minimum atomic E-state index is -0.163. The van der Waals surface area contributed by atoms with Crippen LogP contribution < -0.4 is 10.6 Å². The van der Waals surface area contributed by atoms with Crippen molar-refractivity contribution in [1.82, 2.24) is 14.9 Å². The molecule has 2 amide bonds. The van der Waals surface area contributed by atoms with Gasteiger partial charge in [-0.2, -0.15) is 11.3 Å². The van der Waals surface area contributed by atoms with Gasteiger partial charge in [-0.1, -0.05) is 0 Å². The molecule has 0 aliphatic carbocycles. The topological polar surface area (TPSA) is 68.2 Å². The Kier molecular flexibility index (Phi) is 4.21. The predicted octanol–water partition coefficient (Wildman–Crippen LogP) is 2.52. The average molecular weight is 306 g/mol. The van der Waals surface area contributed by atoms with Gasteiger partial charge in [0.25, 0.3) is 0 Å². The van der Waals surface area contributed by atoms with E-state index < -0.39 is 0 Å². The quantitative estimate of drug-likeness (QED) is 0.915. The number of aromatic nitrogens is 2. The molecule has 2 aromatic rings. The van der Waals surface area contributed by atoms with Crippen molar-refractivity contribution in [3.63, 3.8) is 0 Å². The van der Waals surface area contributed by atoms with Crippen LogP contribution in [0.1, 0.15) is 24.6 Å². The smallest absolute Gasteiger partial charge is 0.319 e. The zero-order chi connectivity index (χ0) is 14.7. The van der Waals surface area contributed by atoms with Crippen molar-refractivity contribution in [2.24, 2.45) is 7.05 Å². The lowest BCUT2D eigenvalue weighted by Gasteiger charge is -2.30. The normalized spacial score (nSPS) is 22.0. The number of hydrogen-bond acceptors (Lipinski definition) is 4. The van der Waals surface area contributed by atoms with E-state index in [1.54, 1.807) is 17.7 Å². The van der Waals surface area contributed by atoms with Crippen molar-refractivity contribution >= 4 is 23.1 Å². The molecule has 0 unspecified atom stereocenters. The maximum atomic E-state index is 12.0. The molecule has 1 aliphatic heterocycles. The highest BCUT2D eigenvalue weighted by Crippen LogP contribution is 2.27. The fourth-order valence-electron chi connectivity index (χ4n) is 2.50. The van der Waals surface area contributed by atoms with Crippen LogP contribution >= 0.6 is 11.3 Å². The molecule has 112 valence electrons. The van der Waals surface area contributed by atoms with Gasteiger partial charge in [0.15, 0.2) is 0 Å². The summed E-state index contributed by atoms with van der Waals surface area (Å²) < 4.78 is 7.75. The lowest BCUT2D eigenvalue weighted by atomic mass is 10.0. The van der Waals surface area contributed by atoms with Gasteiger partial charge in [0.05, 0.1) is 23.9 Å². The van der Waals surface area contributed by atoms with E-state index in [4.69, 9.17) is 4.74 Å². The monoisotopic (exact) mass is 306 g/mol. The molecule has 0 saturated carbocycles. The number of ether oxygens (including phenoxy) is 1. The van der Waals surface area contributed by atoms with Gasteiger partial charge in [-0.05, 0) is 24.3 Å². The summed E-state index contributed by atoms with van der Waals surface area (Å²) in [4.78, 5) is 16.1. The second-order valence-electron chi connectivity index (χ2n) is 5.12. The molecule has 1 saturated heterocycles. The lowest BCUT2D eigenvalue weighted by molar-refractivity contribution is -0.00151. The first kappa shape index (κ1) is 14.1. The number of aryl methyl sites for hydroxylation is 1. The number of rotatable bonds is 3. The summed E-state index contributed by atoms with van der Waals surface area (Å²) in [5.41, 5.74) is 1.87. The largest absolute Gasteiger partial charge is 0.372 e. The van der Waals surface area contributed by atoms with Gasteiger partial charge in [-0.3, -0.25) is 0 Å². The Morgan fingerprint density at radius 1 is 1.57 bits per heavy atom. The van der Waals surface area contributed by atoms with Crippen LogP contribution in [-0.2, 0) is 11.8 Å². The molecule has 21 heavy (non-hydrogen) atoms. The second-order valence-corrected chi connectivity index (χ2v) is 5.90. The van der Waals surface area contributed by atoms with Crippen molar-refractivity contribution in [1.29, 1.82) is 0 Å². The first-order chi connectivity index (χ1) is 10.2. The minimum Gasteiger partial charge on any atom is -0.372 e. The number of carbonyl (C=O) groups is 1. The zero-order valence-corrected chi connectivity index (χ0v) is 12.6. The summed E-state index contributed by atoms with van der Waals surface area (Å²) in [6.45, 7) is 0.638. The molecule has 0 aromatic carbocycles. The van der Waals surface area contributed by atoms with Gasteiger partial charge in [0.1, 0.15) is 6.10 Å². The van der Waals surface area contributed by atoms with E-state index >= 15 is 0 Å². The Labute approximate surface area is 127 Å². The van der Waals surface area contributed by atoms with Gasteiger partial charge in [-0.15, -0.1) is 0 Å². The SMILES string of the molecule is Cn1cncc1[C@H]1C[C@@H](NC(=O)Nc2ccsc2)CCO1. The maximum Gasteiger partial charge on any atom is 0.319 e. The Hall–Kier alpha value is -1.86. The number of urea groups is 1. The van der Waals surface area contributed by atoms with Gasteiger partial charge in [0, 0.05) is 25.1 Å². The van der Waals surface area contributed by atoms with Crippen LogP contribution in [0, 0.1) is 0 Å². The van der Waals surface area contributed by atoms with Crippen LogP contribution in [0.15, 0.2) is 29.4 Å². The summed E-state index contributed by atoms with van der Waals surface area (Å²) in [5, 5.41) is 9.68. The van der Waals surface area contributed by atoms with E-state index in [1.807, 2.05) is 34.6 Å². The summed E-state index contributed by atoms with van der Waals surface area (Å²) in [6.07, 6.45) is 5.15. The Balaban J connectivity index is 1.56. The van der Waals surface area contributed by atoms with E-state index in [0.29, 0.717) is 6.61 Å². The predicted molar refractivity (Wildman–Crippen MR) is 81.4 cm³/mol.